The maximum absolute atomic E-state index is 12.7. The average molecular weight is 349 g/mol. The number of hydrogen-bond donors (Lipinski definition) is 1. The molecule has 0 bridgehead atoms. The first kappa shape index (κ1) is 16.6. The topological polar surface area (TPSA) is 59.9 Å². The van der Waals surface area contributed by atoms with E-state index in [0.717, 1.165) is 6.33 Å². The van der Waals surface area contributed by atoms with Crippen molar-refractivity contribution in [1.82, 2.24) is 15.0 Å². The molecule has 0 radical (unpaired) electrons. The van der Waals surface area contributed by atoms with E-state index in [2.05, 4.69) is 20.3 Å². The zero-order valence-electron chi connectivity index (χ0n) is 11.4. The van der Waals surface area contributed by atoms with Crippen molar-refractivity contribution in [1.29, 1.82) is 0 Å². The molecule has 0 amide bonds. The van der Waals surface area contributed by atoms with Crippen LogP contribution in [0.15, 0.2) is 24.7 Å². The van der Waals surface area contributed by atoms with Crippen molar-refractivity contribution in [3.8, 4) is 5.88 Å². The second kappa shape index (κ2) is 7.51. The first-order valence-corrected chi connectivity index (χ1v) is 7.03. The van der Waals surface area contributed by atoms with Crippen LogP contribution in [0.3, 0.4) is 0 Å². The summed E-state index contributed by atoms with van der Waals surface area (Å²) in [6.45, 7) is 1.97. The summed E-state index contributed by atoms with van der Waals surface area (Å²) in [5, 5.41) is 3.06. The maximum atomic E-state index is 12.7. The van der Waals surface area contributed by atoms with Crippen molar-refractivity contribution in [3.63, 3.8) is 0 Å². The molecule has 1 unspecified atom stereocenters. The smallest absolute Gasteiger partial charge is 0.282 e. The van der Waals surface area contributed by atoms with Gasteiger partial charge in [0.1, 0.15) is 34.5 Å². The summed E-state index contributed by atoms with van der Waals surface area (Å²) in [6.07, 6.45) is -0.191. The summed E-state index contributed by atoms with van der Waals surface area (Å²) in [5.74, 6) is 0.412. The van der Waals surface area contributed by atoms with E-state index in [1.807, 2.05) is 0 Å². The van der Waals surface area contributed by atoms with E-state index in [-0.39, 0.29) is 23.5 Å². The molecule has 0 aliphatic carbocycles. The van der Waals surface area contributed by atoms with Gasteiger partial charge < -0.3 is 10.1 Å². The van der Waals surface area contributed by atoms with Crippen LogP contribution in [-0.4, -0.2) is 27.6 Å². The van der Waals surface area contributed by atoms with Gasteiger partial charge in [-0.3, -0.25) is 0 Å². The predicted molar refractivity (Wildman–Crippen MR) is 79.8 cm³/mol. The van der Waals surface area contributed by atoms with Crippen LogP contribution in [-0.2, 0) is 0 Å². The van der Waals surface area contributed by atoms with Gasteiger partial charge in [0.2, 0.25) is 5.88 Å². The van der Waals surface area contributed by atoms with Crippen LogP contribution in [0.1, 0.15) is 19.0 Å². The summed E-state index contributed by atoms with van der Waals surface area (Å²) in [5.41, 5.74) is -0.514. The van der Waals surface area contributed by atoms with Crippen molar-refractivity contribution in [2.45, 2.75) is 19.4 Å². The molecule has 22 heavy (non-hydrogen) atoms. The van der Waals surface area contributed by atoms with Crippen LogP contribution in [0.5, 0.6) is 5.88 Å². The van der Waals surface area contributed by atoms with Gasteiger partial charge in [-0.1, -0.05) is 23.2 Å². The second-order valence-corrected chi connectivity index (χ2v) is 5.15. The number of alkyl halides is 2. The van der Waals surface area contributed by atoms with Crippen molar-refractivity contribution in [2.75, 3.05) is 11.9 Å². The van der Waals surface area contributed by atoms with Crippen molar-refractivity contribution in [3.05, 3.63) is 40.4 Å². The third-order valence-electron chi connectivity index (χ3n) is 2.60. The number of anilines is 1. The molecule has 0 aliphatic rings. The number of pyridine rings is 1. The van der Waals surface area contributed by atoms with Gasteiger partial charge in [-0.25, -0.2) is 23.7 Å². The standard InChI is InChI=1S/C13H12Cl2F2N4O/c1-7(5-22-13-8(14)3-2-4-18-13)21-12-9(15)10(11(16)17)19-6-20-12/h2-4,6-7,11H,5H2,1H3,(H,19,20,21). The van der Waals surface area contributed by atoms with Crippen molar-refractivity contribution in [2.24, 2.45) is 0 Å². The molecular weight excluding hydrogens is 337 g/mol. The fraction of sp³-hybridized carbons (Fsp3) is 0.308. The van der Waals surface area contributed by atoms with E-state index in [9.17, 15) is 8.78 Å². The molecule has 0 aliphatic heterocycles. The van der Waals surface area contributed by atoms with Crippen LogP contribution in [0.4, 0.5) is 14.6 Å². The third-order valence-corrected chi connectivity index (χ3v) is 3.26. The molecule has 118 valence electrons. The molecule has 1 N–H and O–H groups in total. The number of halogens is 4. The molecule has 2 heterocycles. The zero-order valence-corrected chi connectivity index (χ0v) is 12.9. The minimum Gasteiger partial charge on any atom is -0.474 e. The van der Waals surface area contributed by atoms with Crippen molar-refractivity contribution < 1.29 is 13.5 Å². The Kier molecular flexibility index (Phi) is 5.68. The Balaban J connectivity index is 1.99. The highest BCUT2D eigenvalue weighted by molar-refractivity contribution is 6.33. The van der Waals surface area contributed by atoms with Gasteiger partial charge >= 0.3 is 0 Å². The number of rotatable bonds is 6. The van der Waals surface area contributed by atoms with E-state index in [0.29, 0.717) is 10.9 Å². The molecule has 0 saturated carbocycles. The van der Waals surface area contributed by atoms with E-state index in [1.54, 1.807) is 25.3 Å². The van der Waals surface area contributed by atoms with Gasteiger partial charge in [-0.05, 0) is 19.1 Å². The minimum absolute atomic E-state index is 0.121. The van der Waals surface area contributed by atoms with E-state index in [4.69, 9.17) is 27.9 Å². The average Bonchev–Trinajstić information content (AvgIpc) is 2.48. The SMILES string of the molecule is CC(COc1ncccc1Cl)Nc1ncnc(C(F)F)c1Cl. The number of nitrogens with zero attached hydrogens (tertiary/aromatic N) is 3. The Morgan fingerprint density at radius 3 is 2.73 bits per heavy atom. The van der Waals surface area contributed by atoms with Crippen LogP contribution < -0.4 is 10.1 Å². The fourth-order valence-corrected chi connectivity index (χ4v) is 2.00. The highest BCUT2D eigenvalue weighted by Gasteiger charge is 2.18. The third kappa shape index (κ3) is 4.14. The van der Waals surface area contributed by atoms with E-state index < -0.39 is 12.1 Å². The molecule has 0 fully saturated rings. The highest BCUT2D eigenvalue weighted by atomic mass is 35.5. The van der Waals surface area contributed by atoms with Crippen LogP contribution in [0, 0.1) is 0 Å². The number of ether oxygens (including phenoxy) is 1. The molecule has 9 heteroatoms. The van der Waals surface area contributed by atoms with E-state index >= 15 is 0 Å². The molecule has 2 aromatic heterocycles. The summed E-state index contributed by atoms with van der Waals surface area (Å²) < 4.78 is 30.9. The molecule has 0 spiro atoms. The van der Waals surface area contributed by atoms with Gasteiger partial charge in [-0.2, -0.15) is 0 Å². The lowest BCUT2D eigenvalue weighted by atomic mass is 10.3. The quantitative estimate of drug-likeness (QED) is 0.854. The largest absolute Gasteiger partial charge is 0.474 e. The lowest BCUT2D eigenvalue weighted by Crippen LogP contribution is -2.24. The fourth-order valence-electron chi connectivity index (χ4n) is 1.59. The Morgan fingerprint density at radius 2 is 2.05 bits per heavy atom. The Bertz CT molecular complexity index is 645. The first-order valence-electron chi connectivity index (χ1n) is 6.27. The Labute approximate surface area is 135 Å². The van der Waals surface area contributed by atoms with Gasteiger partial charge in [-0.15, -0.1) is 0 Å². The van der Waals surface area contributed by atoms with Gasteiger partial charge in [0.25, 0.3) is 6.43 Å². The first-order chi connectivity index (χ1) is 10.5. The number of hydrogen-bond acceptors (Lipinski definition) is 5. The Hall–Kier alpha value is -1.73. The molecule has 0 aromatic carbocycles. The number of nitrogens with one attached hydrogen (secondary N) is 1. The predicted octanol–water partition coefficient (Wildman–Crippen LogP) is 4.00. The molecular formula is C13H12Cl2F2N4O. The summed E-state index contributed by atoms with van der Waals surface area (Å²) in [7, 11) is 0. The van der Waals surface area contributed by atoms with Crippen LogP contribution in [0.2, 0.25) is 10.0 Å². The minimum atomic E-state index is -2.77. The second-order valence-electron chi connectivity index (χ2n) is 4.37. The number of aromatic nitrogens is 3. The van der Waals surface area contributed by atoms with E-state index in [1.165, 1.54) is 0 Å². The highest BCUT2D eigenvalue weighted by Crippen LogP contribution is 2.29. The van der Waals surface area contributed by atoms with Crippen LogP contribution in [0.25, 0.3) is 0 Å². The van der Waals surface area contributed by atoms with Crippen LogP contribution >= 0.6 is 23.2 Å². The van der Waals surface area contributed by atoms with Gasteiger partial charge in [0.15, 0.2) is 0 Å². The molecule has 2 rings (SSSR count). The lowest BCUT2D eigenvalue weighted by molar-refractivity contribution is 0.146. The molecule has 0 saturated heterocycles. The monoisotopic (exact) mass is 348 g/mol. The lowest BCUT2D eigenvalue weighted by Gasteiger charge is -2.17. The normalized spacial score (nSPS) is 12.3. The summed E-state index contributed by atoms with van der Waals surface area (Å²) >= 11 is 11.8. The van der Waals surface area contributed by atoms with Gasteiger partial charge in [0.05, 0.1) is 6.04 Å². The van der Waals surface area contributed by atoms with Gasteiger partial charge in [0, 0.05) is 6.20 Å². The molecule has 2 aromatic rings. The Morgan fingerprint density at radius 1 is 1.27 bits per heavy atom. The molecule has 1 atom stereocenters. The summed E-state index contributed by atoms with van der Waals surface area (Å²) in [6, 6.07) is 3.07. The maximum Gasteiger partial charge on any atom is 0.282 e. The van der Waals surface area contributed by atoms with Crippen molar-refractivity contribution >= 4 is 29.0 Å². The summed E-state index contributed by atoms with van der Waals surface area (Å²) in [4.78, 5) is 11.3. The molecule has 5 nitrogen and oxygen atoms in total. The zero-order chi connectivity index (χ0) is 16.1.